The molecule has 0 spiro atoms. The lowest BCUT2D eigenvalue weighted by Crippen LogP contribution is -2.37. The quantitative estimate of drug-likeness (QED) is 0.842. The molecular weight excluding hydrogens is 310 g/mol. The summed E-state index contributed by atoms with van der Waals surface area (Å²) in [4.78, 5) is 11.9. The van der Waals surface area contributed by atoms with Gasteiger partial charge >= 0.3 is 5.97 Å². The molecule has 1 aliphatic carbocycles. The number of nitrogens with one attached hydrogen (secondary N) is 1. The number of aryl methyl sites for hydroxylation is 1. The predicted octanol–water partition coefficient (Wildman–Crippen LogP) is 2.70. The molecule has 0 saturated heterocycles. The third-order valence-electron chi connectivity index (χ3n) is 4.01. The Kier molecular flexibility index (Phi) is 5.06. The van der Waals surface area contributed by atoms with Crippen LogP contribution in [0.3, 0.4) is 0 Å². The van der Waals surface area contributed by atoms with Crippen molar-refractivity contribution in [3.8, 4) is 0 Å². The molecule has 2 rings (SSSR count). The maximum absolute atomic E-state index is 12.6. The fourth-order valence-corrected chi connectivity index (χ4v) is 5.88. The third kappa shape index (κ3) is 3.46. The molecule has 21 heavy (non-hydrogen) atoms. The molecule has 1 aromatic heterocycles. The van der Waals surface area contributed by atoms with Gasteiger partial charge in [-0.2, -0.15) is 0 Å². The van der Waals surface area contributed by atoms with Crippen LogP contribution < -0.4 is 4.72 Å². The van der Waals surface area contributed by atoms with Crippen LogP contribution in [0.15, 0.2) is 10.3 Å². The zero-order chi connectivity index (χ0) is 15.6. The molecule has 5 nitrogen and oxygen atoms in total. The van der Waals surface area contributed by atoms with E-state index in [1.165, 1.54) is 7.11 Å². The van der Waals surface area contributed by atoms with Gasteiger partial charge in [-0.15, -0.1) is 11.3 Å². The molecule has 1 N–H and O–H groups in total. The normalized spacial score (nSPS) is 17.9. The number of sulfonamides is 1. The van der Waals surface area contributed by atoms with Crippen LogP contribution in [0, 0.1) is 12.8 Å². The van der Waals surface area contributed by atoms with E-state index in [1.54, 1.807) is 12.3 Å². The maximum atomic E-state index is 12.6. The van der Waals surface area contributed by atoms with E-state index in [-0.39, 0.29) is 15.8 Å². The largest absolute Gasteiger partial charge is 0.465 e. The van der Waals surface area contributed by atoms with Crippen molar-refractivity contribution >= 4 is 27.3 Å². The highest BCUT2D eigenvalue weighted by molar-refractivity contribution is 7.89. The van der Waals surface area contributed by atoms with Crippen LogP contribution >= 0.6 is 11.3 Å². The number of carbonyl (C=O) groups excluding carboxylic acids is 1. The van der Waals surface area contributed by atoms with Crippen LogP contribution in [0.25, 0.3) is 0 Å². The average molecular weight is 331 g/mol. The summed E-state index contributed by atoms with van der Waals surface area (Å²) in [6, 6.07) is -0.123. The minimum Gasteiger partial charge on any atom is -0.465 e. The summed E-state index contributed by atoms with van der Waals surface area (Å²) in [7, 11) is -2.46. The zero-order valence-electron chi connectivity index (χ0n) is 12.5. The monoisotopic (exact) mass is 331 g/mol. The third-order valence-corrected chi connectivity index (χ3v) is 6.96. The first kappa shape index (κ1) is 16.5. The van der Waals surface area contributed by atoms with Gasteiger partial charge in [0.25, 0.3) is 0 Å². The highest BCUT2D eigenvalue weighted by Crippen LogP contribution is 2.31. The molecule has 1 atom stereocenters. The second kappa shape index (κ2) is 6.46. The summed E-state index contributed by atoms with van der Waals surface area (Å²) in [5.74, 6) is -0.234. The van der Waals surface area contributed by atoms with Gasteiger partial charge in [0.15, 0.2) is 0 Å². The van der Waals surface area contributed by atoms with Crippen LogP contribution in [0.2, 0.25) is 0 Å². The molecule has 1 saturated carbocycles. The highest BCUT2D eigenvalue weighted by atomic mass is 32.2. The molecule has 1 aromatic rings. The van der Waals surface area contributed by atoms with E-state index in [9.17, 15) is 13.2 Å². The standard InChI is InChI=1S/C14H21NO4S2/c1-9-8-20-12(14(16)19-3)13(9)21(17,18)15-10(2)11-6-4-5-7-11/h8,10-11,15H,4-7H2,1-3H3/t10-/m0/s1. The van der Waals surface area contributed by atoms with Gasteiger partial charge in [-0.05, 0) is 43.6 Å². The van der Waals surface area contributed by atoms with E-state index in [2.05, 4.69) is 9.46 Å². The Morgan fingerprint density at radius 2 is 2.05 bits per heavy atom. The van der Waals surface area contributed by atoms with Crippen LogP contribution in [-0.2, 0) is 14.8 Å². The minimum atomic E-state index is -3.71. The summed E-state index contributed by atoms with van der Waals surface area (Å²) in [5.41, 5.74) is 0.575. The SMILES string of the molecule is COC(=O)c1scc(C)c1S(=O)(=O)N[C@@H](C)C1CCCC1. The number of hydrogen-bond donors (Lipinski definition) is 1. The van der Waals surface area contributed by atoms with E-state index < -0.39 is 16.0 Å². The summed E-state index contributed by atoms with van der Waals surface area (Å²) >= 11 is 1.10. The zero-order valence-corrected chi connectivity index (χ0v) is 14.1. The van der Waals surface area contributed by atoms with E-state index in [0.717, 1.165) is 37.0 Å². The smallest absolute Gasteiger partial charge is 0.349 e. The van der Waals surface area contributed by atoms with Gasteiger partial charge in [0.2, 0.25) is 10.0 Å². The first-order valence-electron chi connectivity index (χ1n) is 7.05. The fraction of sp³-hybridized carbons (Fsp3) is 0.643. The van der Waals surface area contributed by atoms with Crippen LogP contribution in [0.4, 0.5) is 0 Å². The summed E-state index contributed by atoms with van der Waals surface area (Å²) in [6.45, 7) is 3.59. The highest BCUT2D eigenvalue weighted by Gasteiger charge is 2.31. The molecule has 0 aliphatic heterocycles. The van der Waals surface area contributed by atoms with Gasteiger partial charge in [-0.3, -0.25) is 0 Å². The van der Waals surface area contributed by atoms with Crippen LogP contribution in [0.5, 0.6) is 0 Å². The molecule has 1 aliphatic rings. The van der Waals surface area contributed by atoms with Crippen molar-refractivity contribution in [1.29, 1.82) is 0 Å². The maximum Gasteiger partial charge on any atom is 0.349 e. The summed E-state index contributed by atoms with van der Waals surface area (Å²) < 4.78 is 32.6. The van der Waals surface area contributed by atoms with Gasteiger partial charge in [-0.25, -0.2) is 17.9 Å². The lowest BCUT2D eigenvalue weighted by Gasteiger charge is -2.20. The lowest BCUT2D eigenvalue weighted by atomic mass is 10.0. The number of carbonyl (C=O) groups is 1. The van der Waals surface area contributed by atoms with Crippen molar-refractivity contribution in [2.75, 3.05) is 7.11 Å². The molecule has 0 unspecified atom stereocenters. The minimum absolute atomic E-state index is 0.0594. The fourth-order valence-electron chi connectivity index (χ4n) is 2.86. The van der Waals surface area contributed by atoms with Gasteiger partial charge in [-0.1, -0.05) is 12.8 Å². The average Bonchev–Trinajstić information content (AvgIpc) is 3.06. The molecular formula is C14H21NO4S2. The Morgan fingerprint density at radius 1 is 1.43 bits per heavy atom. The lowest BCUT2D eigenvalue weighted by molar-refractivity contribution is 0.0602. The van der Waals surface area contributed by atoms with Crippen molar-refractivity contribution in [2.24, 2.45) is 5.92 Å². The molecule has 1 fully saturated rings. The van der Waals surface area contributed by atoms with Gasteiger partial charge < -0.3 is 4.74 Å². The van der Waals surface area contributed by atoms with Gasteiger partial charge in [0.05, 0.1) is 7.11 Å². The molecule has 1 heterocycles. The topological polar surface area (TPSA) is 72.5 Å². The van der Waals surface area contributed by atoms with Crippen LogP contribution in [-0.4, -0.2) is 27.5 Å². The number of thiophene rings is 1. The Morgan fingerprint density at radius 3 is 2.62 bits per heavy atom. The van der Waals surface area contributed by atoms with Crippen molar-refractivity contribution in [1.82, 2.24) is 4.72 Å². The van der Waals surface area contributed by atoms with Crippen molar-refractivity contribution in [3.63, 3.8) is 0 Å². The Labute approximate surface area is 129 Å². The molecule has 0 bridgehead atoms. The van der Waals surface area contributed by atoms with E-state index in [1.807, 2.05) is 6.92 Å². The molecule has 118 valence electrons. The Bertz CT molecular complexity index is 615. The number of hydrogen-bond acceptors (Lipinski definition) is 5. The molecule has 0 radical (unpaired) electrons. The molecule has 7 heteroatoms. The van der Waals surface area contributed by atoms with Crippen LogP contribution in [0.1, 0.15) is 47.8 Å². The second-order valence-corrected chi connectivity index (χ2v) is 8.05. The summed E-state index contributed by atoms with van der Waals surface area (Å²) in [6.07, 6.45) is 4.41. The van der Waals surface area contributed by atoms with E-state index in [0.29, 0.717) is 11.5 Å². The van der Waals surface area contributed by atoms with Crippen molar-refractivity contribution in [3.05, 3.63) is 15.8 Å². The molecule has 0 aromatic carbocycles. The van der Waals surface area contributed by atoms with Gasteiger partial charge in [0.1, 0.15) is 9.77 Å². The predicted molar refractivity (Wildman–Crippen MR) is 82.1 cm³/mol. The first-order valence-corrected chi connectivity index (χ1v) is 9.42. The summed E-state index contributed by atoms with van der Waals surface area (Å²) in [5, 5.41) is 1.67. The number of methoxy groups -OCH3 is 1. The molecule has 0 amide bonds. The van der Waals surface area contributed by atoms with Crippen molar-refractivity contribution in [2.45, 2.75) is 50.5 Å². The Hall–Kier alpha value is -0.920. The second-order valence-electron chi connectivity index (χ2n) is 5.52. The number of ether oxygens (including phenoxy) is 1. The Balaban J connectivity index is 2.27. The number of esters is 1. The number of rotatable bonds is 5. The first-order chi connectivity index (χ1) is 9.86. The van der Waals surface area contributed by atoms with Crippen molar-refractivity contribution < 1.29 is 17.9 Å². The van der Waals surface area contributed by atoms with E-state index in [4.69, 9.17) is 0 Å². The van der Waals surface area contributed by atoms with E-state index >= 15 is 0 Å². The van der Waals surface area contributed by atoms with Gasteiger partial charge in [0, 0.05) is 6.04 Å².